The second-order valence-electron chi connectivity index (χ2n) is 3.85. The first-order valence-electron chi connectivity index (χ1n) is 6.36. The maximum absolute atomic E-state index is 11.1. The normalized spacial score (nSPS) is 10.0. The Morgan fingerprint density at radius 1 is 1.16 bits per heavy atom. The summed E-state index contributed by atoms with van der Waals surface area (Å²) in [5.74, 6) is 1.22. The zero-order chi connectivity index (χ0) is 14.1. The minimum Gasteiger partial charge on any atom is -0.427 e. The Morgan fingerprint density at radius 3 is 2.42 bits per heavy atom. The van der Waals surface area contributed by atoms with E-state index in [1.165, 1.54) is 0 Å². The summed E-state index contributed by atoms with van der Waals surface area (Å²) in [5.41, 5.74) is 0. The number of hydrogen-bond donors (Lipinski definition) is 1. The molecule has 0 bridgehead atoms. The summed E-state index contributed by atoms with van der Waals surface area (Å²) in [4.78, 5) is 23.2. The Bertz CT molecular complexity index is 417. The number of carbonyl (C=O) groups excluding carboxylic acids is 2. The van der Waals surface area contributed by atoms with Crippen molar-refractivity contribution in [3.63, 3.8) is 0 Å². The molecule has 1 aromatic carbocycles. The Labute approximate surface area is 117 Å². The minimum atomic E-state index is -0.234. The molecule has 0 saturated heterocycles. The molecular formula is C14H19NO3S. The molecule has 19 heavy (non-hydrogen) atoms. The molecule has 0 heterocycles. The van der Waals surface area contributed by atoms with Crippen LogP contribution >= 0.6 is 11.8 Å². The van der Waals surface area contributed by atoms with Crippen molar-refractivity contribution in [2.75, 3.05) is 12.3 Å². The fourth-order valence-corrected chi connectivity index (χ4v) is 2.06. The van der Waals surface area contributed by atoms with E-state index in [1.807, 2.05) is 19.1 Å². The lowest BCUT2D eigenvalue weighted by atomic mass is 10.3. The fourth-order valence-electron chi connectivity index (χ4n) is 1.29. The van der Waals surface area contributed by atoms with E-state index in [4.69, 9.17) is 4.74 Å². The van der Waals surface area contributed by atoms with Gasteiger partial charge in [0.05, 0.1) is 0 Å². The van der Waals surface area contributed by atoms with E-state index in [0.29, 0.717) is 25.1 Å². The maximum atomic E-state index is 11.1. The number of hydrogen-bond acceptors (Lipinski definition) is 4. The van der Waals surface area contributed by atoms with E-state index < -0.39 is 0 Å². The predicted molar refractivity (Wildman–Crippen MR) is 76.4 cm³/mol. The summed E-state index contributed by atoms with van der Waals surface area (Å²) < 4.78 is 5.08. The molecule has 0 spiro atoms. The van der Waals surface area contributed by atoms with Gasteiger partial charge in [0.1, 0.15) is 5.75 Å². The first-order chi connectivity index (χ1) is 9.15. The van der Waals surface area contributed by atoms with Crippen LogP contribution in [0.4, 0.5) is 0 Å². The lowest BCUT2D eigenvalue weighted by Crippen LogP contribution is -2.24. The Kier molecular flexibility index (Phi) is 7.03. The van der Waals surface area contributed by atoms with Crippen molar-refractivity contribution in [1.29, 1.82) is 0 Å². The number of rotatable bonds is 7. The van der Waals surface area contributed by atoms with Gasteiger partial charge in [-0.15, -0.1) is 11.8 Å². The molecule has 1 rings (SSSR count). The SMILES string of the molecule is CCC(=O)NCCSc1ccc(OC(=O)CC)cc1. The average molecular weight is 281 g/mol. The second kappa shape index (κ2) is 8.58. The zero-order valence-corrected chi connectivity index (χ0v) is 12.1. The number of nitrogens with one attached hydrogen (secondary N) is 1. The first-order valence-corrected chi connectivity index (χ1v) is 7.34. The summed E-state index contributed by atoms with van der Waals surface area (Å²) in [6.07, 6.45) is 0.885. The van der Waals surface area contributed by atoms with Crippen LogP contribution in [-0.4, -0.2) is 24.2 Å². The Hall–Kier alpha value is -1.49. The molecule has 5 heteroatoms. The first kappa shape index (κ1) is 15.6. The van der Waals surface area contributed by atoms with Gasteiger partial charge in [0.15, 0.2) is 0 Å². The summed E-state index contributed by atoms with van der Waals surface area (Å²) in [5, 5.41) is 2.82. The predicted octanol–water partition coefficient (Wildman–Crippen LogP) is 2.62. The number of benzene rings is 1. The van der Waals surface area contributed by atoms with Gasteiger partial charge in [0.25, 0.3) is 0 Å². The Morgan fingerprint density at radius 2 is 1.84 bits per heavy atom. The lowest BCUT2D eigenvalue weighted by molar-refractivity contribution is -0.134. The van der Waals surface area contributed by atoms with Gasteiger partial charge in [0.2, 0.25) is 5.91 Å². The van der Waals surface area contributed by atoms with Gasteiger partial charge in [-0.2, -0.15) is 0 Å². The van der Waals surface area contributed by atoms with Gasteiger partial charge in [-0.1, -0.05) is 13.8 Å². The van der Waals surface area contributed by atoms with Crippen LogP contribution in [0.25, 0.3) is 0 Å². The number of ether oxygens (including phenoxy) is 1. The van der Waals surface area contributed by atoms with Gasteiger partial charge in [-0.25, -0.2) is 0 Å². The highest BCUT2D eigenvalue weighted by Gasteiger charge is 2.02. The van der Waals surface area contributed by atoms with E-state index in [1.54, 1.807) is 30.8 Å². The summed E-state index contributed by atoms with van der Waals surface area (Å²) in [7, 11) is 0. The van der Waals surface area contributed by atoms with Crippen molar-refractivity contribution < 1.29 is 14.3 Å². The molecule has 1 aromatic rings. The molecule has 0 unspecified atom stereocenters. The average Bonchev–Trinajstić information content (AvgIpc) is 2.44. The highest BCUT2D eigenvalue weighted by molar-refractivity contribution is 7.99. The topological polar surface area (TPSA) is 55.4 Å². The third-order valence-electron chi connectivity index (χ3n) is 2.36. The fraction of sp³-hybridized carbons (Fsp3) is 0.429. The summed E-state index contributed by atoms with van der Waals surface area (Å²) >= 11 is 1.65. The summed E-state index contributed by atoms with van der Waals surface area (Å²) in [6.45, 7) is 4.25. The van der Waals surface area contributed by atoms with Crippen LogP contribution in [0.2, 0.25) is 0 Å². The van der Waals surface area contributed by atoms with Crippen molar-refractivity contribution in [3.8, 4) is 5.75 Å². The summed E-state index contributed by atoms with van der Waals surface area (Å²) in [6, 6.07) is 7.37. The molecule has 0 radical (unpaired) electrons. The molecule has 4 nitrogen and oxygen atoms in total. The van der Waals surface area contributed by atoms with Crippen LogP contribution in [0.5, 0.6) is 5.75 Å². The molecule has 0 saturated carbocycles. The van der Waals surface area contributed by atoms with Crippen molar-refractivity contribution in [3.05, 3.63) is 24.3 Å². The molecule has 0 aliphatic heterocycles. The number of esters is 1. The molecule has 0 aliphatic carbocycles. The molecule has 0 aromatic heterocycles. The smallest absolute Gasteiger partial charge is 0.310 e. The third-order valence-corrected chi connectivity index (χ3v) is 3.37. The van der Waals surface area contributed by atoms with Crippen molar-refractivity contribution >= 4 is 23.6 Å². The van der Waals surface area contributed by atoms with Crippen molar-refractivity contribution in [2.24, 2.45) is 0 Å². The number of carbonyl (C=O) groups is 2. The quantitative estimate of drug-likeness (QED) is 0.361. The van der Waals surface area contributed by atoms with Gasteiger partial charge in [-0.3, -0.25) is 9.59 Å². The van der Waals surface area contributed by atoms with E-state index in [9.17, 15) is 9.59 Å². The molecule has 1 N–H and O–H groups in total. The van der Waals surface area contributed by atoms with Crippen LogP contribution in [0, 0.1) is 0 Å². The second-order valence-corrected chi connectivity index (χ2v) is 5.02. The molecule has 0 atom stereocenters. The highest BCUT2D eigenvalue weighted by atomic mass is 32.2. The van der Waals surface area contributed by atoms with Crippen LogP contribution in [0.1, 0.15) is 26.7 Å². The maximum Gasteiger partial charge on any atom is 0.310 e. The van der Waals surface area contributed by atoms with E-state index in [-0.39, 0.29) is 11.9 Å². The van der Waals surface area contributed by atoms with E-state index in [0.717, 1.165) is 10.6 Å². The standard InChI is InChI=1S/C14H19NO3S/c1-3-13(16)15-9-10-19-12-7-5-11(6-8-12)18-14(17)4-2/h5-8H,3-4,9-10H2,1-2H3,(H,15,16). The zero-order valence-electron chi connectivity index (χ0n) is 11.3. The number of amides is 1. The molecule has 104 valence electrons. The molecule has 0 aliphatic rings. The molecule has 0 fully saturated rings. The number of thioether (sulfide) groups is 1. The van der Waals surface area contributed by atoms with Crippen molar-refractivity contribution in [2.45, 2.75) is 31.6 Å². The van der Waals surface area contributed by atoms with Crippen LogP contribution in [0.15, 0.2) is 29.2 Å². The lowest BCUT2D eigenvalue weighted by Gasteiger charge is -2.05. The minimum absolute atomic E-state index is 0.0717. The van der Waals surface area contributed by atoms with Gasteiger partial charge < -0.3 is 10.1 Å². The van der Waals surface area contributed by atoms with E-state index >= 15 is 0 Å². The van der Waals surface area contributed by atoms with Crippen LogP contribution in [0.3, 0.4) is 0 Å². The van der Waals surface area contributed by atoms with Crippen LogP contribution in [-0.2, 0) is 9.59 Å². The highest BCUT2D eigenvalue weighted by Crippen LogP contribution is 2.21. The molecular weight excluding hydrogens is 262 g/mol. The largest absolute Gasteiger partial charge is 0.427 e. The molecule has 1 amide bonds. The van der Waals surface area contributed by atoms with Crippen molar-refractivity contribution in [1.82, 2.24) is 5.32 Å². The Balaban J connectivity index is 2.32. The third kappa shape index (κ3) is 6.29. The van der Waals surface area contributed by atoms with Gasteiger partial charge in [0, 0.05) is 30.0 Å². The van der Waals surface area contributed by atoms with Gasteiger partial charge >= 0.3 is 5.97 Å². The van der Waals surface area contributed by atoms with Crippen LogP contribution < -0.4 is 10.1 Å². The monoisotopic (exact) mass is 281 g/mol. The van der Waals surface area contributed by atoms with Gasteiger partial charge in [-0.05, 0) is 24.3 Å². The van der Waals surface area contributed by atoms with E-state index in [2.05, 4.69) is 5.32 Å².